The molecule has 1 aromatic rings. The number of anilines is 1. The summed E-state index contributed by atoms with van der Waals surface area (Å²) >= 11 is 3.13. The quantitative estimate of drug-likeness (QED) is 0.583. The molecule has 0 unspecified atom stereocenters. The molecule has 0 saturated carbocycles. The minimum absolute atomic E-state index is 0.00111. The standard InChI is InChI=1S/C8H14N4OS2/c1-3-9-7-11-12-8(15-7)14-5-4-10-6(2)13/h3-5H2,1-2H3,(H,9,11)(H,10,13). The van der Waals surface area contributed by atoms with Gasteiger partial charge in [-0.25, -0.2) is 0 Å². The number of aromatic nitrogens is 2. The summed E-state index contributed by atoms with van der Waals surface area (Å²) in [6.45, 7) is 5.05. The van der Waals surface area contributed by atoms with Gasteiger partial charge in [-0.2, -0.15) is 0 Å². The Labute approximate surface area is 97.1 Å². The number of hydrogen-bond acceptors (Lipinski definition) is 6. The lowest BCUT2D eigenvalue weighted by Gasteiger charge is -1.98. The van der Waals surface area contributed by atoms with E-state index in [0.29, 0.717) is 6.54 Å². The summed E-state index contributed by atoms with van der Waals surface area (Å²) in [5.74, 6) is 0.821. The van der Waals surface area contributed by atoms with E-state index in [9.17, 15) is 4.79 Å². The molecule has 84 valence electrons. The van der Waals surface area contributed by atoms with Gasteiger partial charge in [0.05, 0.1) is 0 Å². The first-order valence-corrected chi connectivity index (χ1v) is 6.47. The van der Waals surface area contributed by atoms with E-state index in [1.165, 1.54) is 18.3 Å². The monoisotopic (exact) mass is 246 g/mol. The van der Waals surface area contributed by atoms with Crippen LogP contribution in [0.25, 0.3) is 0 Å². The highest BCUT2D eigenvalue weighted by Gasteiger charge is 2.03. The van der Waals surface area contributed by atoms with Crippen LogP contribution in [0.1, 0.15) is 13.8 Å². The average molecular weight is 246 g/mol. The maximum atomic E-state index is 10.6. The van der Waals surface area contributed by atoms with E-state index >= 15 is 0 Å². The van der Waals surface area contributed by atoms with Crippen LogP contribution < -0.4 is 10.6 Å². The van der Waals surface area contributed by atoms with Gasteiger partial charge in [-0.05, 0) is 6.92 Å². The van der Waals surface area contributed by atoms with Crippen LogP contribution in [-0.4, -0.2) is 34.9 Å². The first kappa shape index (κ1) is 12.3. The topological polar surface area (TPSA) is 66.9 Å². The third-order valence-electron chi connectivity index (χ3n) is 1.44. The molecule has 15 heavy (non-hydrogen) atoms. The van der Waals surface area contributed by atoms with Crippen molar-refractivity contribution in [2.45, 2.75) is 18.2 Å². The van der Waals surface area contributed by atoms with Crippen molar-refractivity contribution in [3.05, 3.63) is 0 Å². The van der Waals surface area contributed by atoms with Crippen LogP contribution >= 0.6 is 23.1 Å². The smallest absolute Gasteiger partial charge is 0.216 e. The number of nitrogens with zero attached hydrogens (tertiary/aromatic N) is 2. The van der Waals surface area contributed by atoms with Crippen molar-refractivity contribution >= 4 is 34.1 Å². The van der Waals surface area contributed by atoms with Crippen LogP contribution in [0, 0.1) is 0 Å². The van der Waals surface area contributed by atoms with E-state index in [4.69, 9.17) is 0 Å². The number of thioether (sulfide) groups is 1. The molecule has 0 atom stereocenters. The summed E-state index contributed by atoms with van der Waals surface area (Å²) in [5, 5.41) is 14.7. The number of carbonyl (C=O) groups is 1. The highest BCUT2D eigenvalue weighted by atomic mass is 32.2. The van der Waals surface area contributed by atoms with E-state index in [2.05, 4.69) is 20.8 Å². The van der Waals surface area contributed by atoms with E-state index in [0.717, 1.165) is 21.8 Å². The van der Waals surface area contributed by atoms with Gasteiger partial charge in [0.25, 0.3) is 0 Å². The molecule has 7 heteroatoms. The second-order valence-corrected chi connectivity index (χ2v) is 5.05. The van der Waals surface area contributed by atoms with E-state index in [-0.39, 0.29) is 5.91 Å². The molecule has 0 aliphatic heterocycles. The van der Waals surface area contributed by atoms with Gasteiger partial charge in [-0.1, -0.05) is 23.1 Å². The number of rotatable bonds is 6. The lowest BCUT2D eigenvalue weighted by Crippen LogP contribution is -2.22. The van der Waals surface area contributed by atoms with Crippen molar-refractivity contribution in [3.8, 4) is 0 Å². The molecule has 0 aliphatic rings. The lowest BCUT2D eigenvalue weighted by molar-refractivity contribution is -0.118. The van der Waals surface area contributed by atoms with Gasteiger partial charge in [0.15, 0.2) is 4.34 Å². The van der Waals surface area contributed by atoms with Gasteiger partial charge in [0.2, 0.25) is 11.0 Å². The predicted octanol–water partition coefficient (Wildman–Crippen LogP) is 1.20. The minimum atomic E-state index is 0.00111. The zero-order valence-corrected chi connectivity index (χ0v) is 10.4. The van der Waals surface area contributed by atoms with Crippen molar-refractivity contribution in [1.82, 2.24) is 15.5 Å². The Morgan fingerprint density at radius 1 is 1.53 bits per heavy atom. The van der Waals surface area contributed by atoms with Crippen LogP contribution in [0.5, 0.6) is 0 Å². The molecule has 1 amide bonds. The first-order chi connectivity index (χ1) is 7.22. The predicted molar refractivity (Wildman–Crippen MR) is 63.5 cm³/mol. The maximum Gasteiger partial charge on any atom is 0.216 e. The summed E-state index contributed by atoms with van der Waals surface area (Å²) < 4.78 is 0.927. The van der Waals surface area contributed by atoms with Gasteiger partial charge >= 0.3 is 0 Å². The zero-order chi connectivity index (χ0) is 11.1. The van der Waals surface area contributed by atoms with Crippen molar-refractivity contribution in [1.29, 1.82) is 0 Å². The molecule has 0 saturated heterocycles. The Bertz CT molecular complexity index is 315. The molecule has 0 fully saturated rings. The molecule has 2 N–H and O–H groups in total. The highest BCUT2D eigenvalue weighted by Crippen LogP contribution is 2.24. The zero-order valence-electron chi connectivity index (χ0n) is 8.74. The Morgan fingerprint density at radius 3 is 3.00 bits per heavy atom. The summed E-state index contributed by atoms with van der Waals surface area (Å²) in [6, 6.07) is 0. The largest absolute Gasteiger partial charge is 0.360 e. The molecule has 1 aromatic heterocycles. The van der Waals surface area contributed by atoms with E-state index < -0.39 is 0 Å². The molecule has 0 radical (unpaired) electrons. The molecule has 0 aromatic carbocycles. The fourth-order valence-corrected chi connectivity index (χ4v) is 2.60. The Hall–Kier alpha value is -0.820. The Balaban J connectivity index is 2.22. The fraction of sp³-hybridized carbons (Fsp3) is 0.625. The number of amides is 1. The van der Waals surface area contributed by atoms with Crippen molar-refractivity contribution < 1.29 is 4.79 Å². The van der Waals surface area contributed by atoms with Crippen LogP contribution in [-0.2, 0) is 4.79 Å². The molecule has 1 rings (SSSR count). The molecule has 0 spiro atoms. The Morgan fingerprint density at radius 2 is 2.33 bits per heavy atom. The van der Waals surface area contributed by atoms with E-state index in [1.54, 1.807) is 11.8 Å². The summed E-state index contributed by atoms with van der Waals surface area (Å²) in [5.41, 5.74) is 0. The summed E-state index contributed by atoms with van der Waals surface area (Å²) in [7, 11) is 0. The summed E-state index contributed by atoms with van der Waals surface area (Å²) in [6.07, 6.45) is 0. The maximum absolute atomic E-state index is 10.6. The van der Waals surface area contributed by atoms with Crippen LogP contribution in [0.2, 0.25) is 0 Å². The van der Waals surface area contributed by atoms with E-state index in [1.807, 2.05) is 6.92 Å². The van der Waals surface area contributed by atoms with Gasteiger partial charge in [0.1, 0.15) is 0 Å². The Kier molecular flexibility index (Phi) is 5.41. The molecule has 1 heterocycles. The summed E-state index contributed by atoms with van der Waals surface area (Å²) in [4.78, 5) is 10.6. The number of nitrogens with one attached hydrogen (secondary N) is 2. The van der Waals surface area contributed by atoms with Crippen molar-refractivity contribution in [2.24, 2.45) is 0 Å². The fourth-order valence-electron chi connectivity index (χ4n) is 0.856. The lowest BCUT2D eigenvalue weighted by atomic mass is 10.6. The second kappa shape index (κ2) is 6.62. The van der Waals surface area contributed by atoms with Crippen LogP contribution in [0.4, 0.5) is 5.13 Å². The van der Waals surface area contributed by atoms with Gasteiger partial charge in [0, 0.05) is 25.8 Å². The first-order valence-electron chi connectivity index (χ1n) is 4.67. The third kappa shape index (κ3) is 4.98. The molecular formula is C8H14N4OS2. The van der Waals surface area contributed by atoms with Gasteiger partial charge < -0.3 is 10.6 Å². The van der Waals surface area contributed by atoms with Gasteiger partial charge in [-0.15, -0.1) is 10.2 Å². The normalized spacial score (nSPS) is 10.0. The molecule has 0 bridgehead atoms. The van der Waals surface area contributed by atoms with Gasteiger partial charge in [-0.3, -0.25) is 4.79 Å². The minimum Gasteiger partial charge on any atom is -0.360 e. The van der Waals surface area contributed by atoms with Crippen LogP contribution in [0.15, 0.2) is 4.34 Å². The molecule has 0 aliphatic carbocycles. The third-order valence-corrected chi connectivity index (χ3v) is 3.45. The van der Waals surface area contributed by atoms with Crippen LogP contribution in [0.3, 0.4) is 0 Å². The average Bonchev–Trinajstić information content (AvgIpc) is 2.61. The second-order valence-electron chi connectivity index (χ2n) is 2.73. The number of hydrogen-bond donors (Lipinski definition) is 2. The number of carbonyl (C=O) groups excluding carboxylic acids is 1. The van der Waals surface area contributed by atoms with Crippen molar-refractivity contribution in [3.63, 3.8) is 0 Å². The molecule has 5 nitrogen and oxygen atoms in total. The highest BCUT2D eigenvalue weighted by molar-refractivity contribution is 8.01. The molecular weight excluding hydrogens is 232 g/mol. The van der Waals surface area contributed by atoms with Crippen molar-refractivity contribution in [2.75, 3.05) is 24.2 Å². The SMILES string of the molecule is CCNc1nnc(SCCNC(C)=O)s1.